The molecule has 4 nitrogen and oxygen atoms in total. The molecular weight excluding hydrogens is 226 g/mol. The molecule has 0 atom stereocenters. The summed E-state index contributed by atoms with van der Waals surface area (Å²) in [4.78, 5) is 4.24. The van der Waals surface area contributed by atoms with Crippen LogP contribution in [0, 0.1) is 5.41 Å². The average molecular weight is 249 g/mol. The van der Waals surface area contributed by atoms with Crippen LogP contribution in [-0.4, -0.2) is 31.3 Å². The lowest BCUT2D eigenvalue weighted by molar-refractivity contribution is 0.0300. The van der Waals surface area contributed by atoms with E-state index in [4.69, 9.17) is 4.74 Å². The monoisotopic (exact) mass is 249 g/mol. The molecule has 0 unspecified atom stereocenters. The molecule has 0 saturated carbocycles. The quantitative estimate of drug-likeness (QED) is 0.842. The van der Waals surface area contributed by atoms with Crippen LogP contribution in [0.5, 0.6) is 0 Å². The van der Waals surface area contributed by atoms with Gasteiger partial charge in [-0.25, -0.2) is 0 Å². The SMILES string of the molecule is CCNc1cncc(NCC2(C)CCOCC2)c1. The van der Waals surface area contributed by atoms with Gasteiger partial charge in [0.2, 0.25) is 0 Å². The third-order valence-corrected chi connectivity index (χ3v) is 3.54. The number of hydrogen-bond acceptors (Lipinski definition) is 4. The zero-order valence-electron chi connectivity index (χ0n) is 11.3. The molecule has 0 spiro atoms. The minimum atomic E-state index is 0.340. The Balaban J connectivity index is 1.90. The first-order chi connectivity index (χ1) is 8.72. The number of aromatic nitrogens is 1. The third kappa shape index (κ3) is 3.60. The van der Waals surface area contributed by atoms with Gasteiger partial charge in [0.25, 0.3) is 0 Å². The molecule has 2 N–H and O–H groups in total. The second-order valence-corrected chi connectivity index (χ2v) is 5.27. The highest BCUT2D eigenvalue weighted by molar-refractivity contribution is 5.53. The van der Waals surface area contributed by atoms with E-state index in [0.717, 1.165) is 50.5 Å². The maximum absolute atomic E-state index is 5.42. The van der Waals surface area contributed by atoms with Gasteiger partial charge in [-0.15, -0.1) is 0 Å². The lowest BCUT2D eigenvalue weighted by Gasteiger charge is -2.33. The van der Waals surface area contributed by atoms with E-state index in [1.807, 2.05) is 12.4 Å². The number of pyridine rings is 1. The summed E-state index contributed by atoms with van der Waals surface area (Å²) in [5, 5.41) is 6.77. The Hall–Kier alpha value is -1.29. The maximum atomic E-state index is 5.42. The minimum absolute atomic E-state index is 0.340. The van der Waals surface area contributed by atoms with E-state index in [1.165, 1.54) is 0 Å². The van der Waals surface area contributed by atoms with Crippen molar-refractivity contribution in [2.45, 2.75) is 26.7 Å². The van der Waals surface area contributed by atoms with Gasteiger partial charge in [-0.05, 0) is 31.2 Å². The Kier molecular flexibility index (Phi) is 4.42. The predicted octanol–water partition coefficient (Wildman–Crippen LogP) is 2.74. The van der Waals surface area contributed by atoms with Gasteiger partial charge in [0.15, 0.2) is 0 Å². The lowest BCUT2D eigenvalue weighted by atomic mass is 9.82. The largest absolute Gasteiger partial charge is 0.384 e. The first-order valence-electron chi connectivity index (χ1n) is 6.72. The molecule has 1 aromatic rings. The van der Waals surface area contributed by atoms with Crippen LogP contribution in [0.2, 0.25) is 0 Å². The van der Waals surface area contributed by atoms with Gasteiger partial charge in [0.1, 0.15) is 0 Å². The van der Waals surface area contributed by atoms with Crippen LogP contribution in [0.15, 0.2) is 18.5 Å². The Morgan fingerprint density at radius 3 is 2.56 bits per heavy atom. The van der Waals surface area contributed by atoms with E-state index in [-0.39, 0.29) is 0 Å². The smallest absolute Gasteiger partial charge is 0.0547 e. The highest BCUT2D eigenvalue weighted by Crippen LogP contribution is 2.30. The van der Waals surface area contributed by atoms with Crippen molar-refractivity contribution in [3.05, 3.63) is 18.5 Å². The number of rotatable bonds is 5. The number of nitrogens with one attached hydrogen (secondary N) is 2. The third-order valence-electron chi connectivity index (χ3n) is 3.54. The number of anilines is 2. The molecule has 18 heavy (non-hydrogen) atoms. The standard InChI is InChI=1S/C14H23N3O/c1-3-16-12-8-13(10-15-9-12)17-11-14(2)4-6-18-7-5-14/h8-10,16-17H,3-7,11H2,1-2H3. The fourth-order valence-corrected chi connectivity index (χ4v) is 2.19. The fraction of sp³-hybridized carbons (Fsp3) is 0.643. The van der Waals surface area contributed by atoms with Crippen molar-refractivity contribution in [2.75, 3.05) is 36.9 Å². The molecule has 0 aromatic carbocycles. The highest BCUT2D eigenvalue weighted by atomic mass is 16.5. The maximum Gasteiger partial charge on any atom is 0.0547 e. The van der Waals surface area contributed by atoms with Gasteiger partial charge in [-0.1, -0.05) is 6.92 Å². The highest BCUT2D eigenvalue weighted by Gasteiger charge is 2.26. The Labute approximate surface area is 109 Å². The molecule has 2 rings (SSSR count). The predicted molar refractivity (Wildman–Crippen MR) is 75.1 cm³/mol. The molecule has 1 aliphatic heterocycles. The van der Waals surface area contributed by atoms with Gasteiger partial charge < -0.3 is 15.4 Å². The van der Waals surface area contributed by atoms with Gasteiger partial charge >= 0.3 is 0 Å². The summed E-state index contributed by atoms with van der Waals surface area (Å²) in [6.07, 6.45) is 5.98. The van der Waals surface area contributed by atoms with Crippen molar-refractivity contribution in [3.8, 4) is 0 Å². The molecule has 1 aliphatic rings. The number of ether oxygens (including phenoxy) is 1. The lowest BCUT2D eigenvalue weighted by Crippen LogP contribution is -2.33. The van der Waals surface area contributed by atoms with Gasteiger partial charge in [-0.3, -0.25) is 4.98 Å². The molecular formula is C14H23N3O. The van der Waals surface area contributed by atoms with Crippen LogP contribution in [-0.2, 0) is 4.74 Å². The van der Waals surface area contributed by atoms with Crippen molar-refractivity contribution in [2.24, 2.45) is 5.41 Å². The van der Waals surface area contributed by atoms with E-state index >= 15 is 0 Å². The van der Waals surface area contributed by atoms with Crippen molar-refractivity contribution in [1.29, 1.82) is 0 Å². The van der Waals surface area contributed by atoms with Gasteiger partial charge in [0, 0.05) is 26.3 Å². The summed E-state index contributed by atoms with van der Waals surface area (Å²) >= 11 is 0. The minimum Gasteiger partial charge on any atom is -0.384 e. The first-order valence-corrected chi connectivity index (χ1v) is 6.72. The van der Waals surface area contributed by atoms with E-state index < -0.39 is 0 Å². The van der Waals surface area contributed by atoms with Crippen LogP contribution in [0.3, 0.4) is 0 Å². The van der Waals surface area contributed by atoms with Gasteiger partial charge in [-0.2, -0.15) is 0 Å². The molecule has 0 bridgehead atoms. The van der Waals surface area contributed by atoms with Gasteiger partial charge in [0.05, 0.1) is 23.8 Å². The Bertz CT molecular complexity index is 375. The zero-order valence-corrected chi connectivity index (χ0v) is 11.3. The molecule has 1 fully saturated rings. The molecule has 0 radical (unpaired) electrons. The molecule has 0 aliphatic carbocycles. The van der Waals surface area contributed by atoms with Crippen LogP contribution < -0.4 is 10.6 Å². The van der Waals surface area contributed by atoms with E-state index in [1.54, 1.807) is 0 Å². The van der Waals surface area contributed by atoms with Crippen molar-refractivity contribution in [3.63, 3.8) is 0 Å². The summed E-state index contributed by atoms with van der Waals surface area (Å²) < 4.78 is 5.42. The van der Waals surface area contributed by atoms with Crippen LogP contribution >= 0.6 is 0 Å². The molecule has 1 saturated heterocycles. The van der Waals surface area contributed by atoms with E-state index in [2.05, 4.69) is 35.5 Å². The zero-order chi connectivity index (χ0) is 12.8. The normalized spacial score (nSPS) is 18.3. The van der Waals surface area contributed by atoms with Crippen LogP contribution in [0.4, 0.5) is 11.4 Å². The second kappa shape index (κ2) is 6.05. The average Bonchev–Trinajstić information content (AvgIpc) is 2.38. The van der Waals surface area contributed by atoms with Crippen molar-refractivity contribution >= 4 is 11.4 Å². The van der Waals surface area contributed by atoms with Crippen LogP contribution in [0.1, 0.15) is 26.7 Å². The first kappa shape index (κ1) is 13.1. The fourth-order valence-electron chi connectivity index (χ4n) is 2.19. The summed E-state index contributed by atoms with van der Waals surface area (Å²) in [5.41, 5.74) is 2.49. The van der Waals surface area contributed by atoms with Crippen molar-refractivity contribution in [1.82, 2.24) is 4.98 Å². The molecule has 1 aromatic heterocycles. The Morgan fingerprint density at radius 1 is 1.22 bits per heavy atom. The molecule has 4 heteroatoms. The van der Waals surface area contributed by atoms with Crippen LogP contribution in [0.25, 0.3) is 0 Å². The summed E-state index contributed by atoms with van der Waals surface area (Å²) in [5.74, 6) is 0. The van der Waals surface area contributed by atoms with Crippen molar-refractivity contribution < 1.29 is 4.74 Å². The second-order valence-electron chi connectivity index (χ2n) is 5.27. The number of hydrogen-bond donors (Lipinski definition) is 2. The molecule has 2 heterocycles. The topological polar surface area (TPSA) is 46.2 Å². The number of nitrogens with zero attached hydrogens (tertiary/aromatic N) is 1. The molecule has 100 valence electrons. The summed E-state index contributed by atoms with van der Waals surface area (Å²) in [6.45, 7) is 8.07. The molecule has 0 amide bonds. The Morgan fingerprint density at radius 2 is 1.89 bits per heavy atom. The summed E-state index contributed by atoms with van der Waals surface area (Å²) in [7, 11) is 0. The van der Waals surface area contributed by atoms with E-state index in [0.29, 0.717) is 5.41 Å². The van der Waals surface area contributed by atoms with E-state index in [9.17, 15) is 0 Å². The summed E-state index contributed by atoms with van der Waals surface area (Å²) in [6, 6.07) is 2.11.